The molecular formula is C17H18F3N3O4S. The van der Waals surface area contributed by atoms with Crippen molar-refractivity contribution in [2.24, 2.45) is 0 Å². The van der Waals surface area contributed by atoms with Gasteiger partial charge in [0.25, 0.3) is 0 Å². The zero-order valence-electron chi connectivity index (χ0n) is 14.7. The molecule has 1 aromatic heterocycles. The van der Waals surface area contributed by atoms with E-state index in [0.29, 0.717) is 25.9 Å². The topological polar surface area (TPSA) is 93.4 Å². The van der Waals surface area contributed by atoms with Crippen LogP contribution in [0, 0.1) is 0 Å². The lowest BCUT2D eigenvalue weighted by molar-refractivity contribution is -0.157. The highest BCUT2D eigenvalue weighted by Gasteiger charge is 2.39. The summed E-state index contributed by atoms with van der Waals surface area (Å²) in [6, 6.07) is 7.88. The van der Waals surface area contributed by atoms with Crippen LogP contribution in [-0.2, 0) is 20.8 Å². The molecule has 0 spiro atoms. The number of carbonyl (C=O) groups is 1. The second-order valence-corrected chi connectivity index (χ2v) is 8.59. The first kappa shape index (κ1) is 20.3. The summed E-state index contributed by atoms with van der Waals surface area (Å²) in [5.41, 5.74) is 0. The smallest absolute Gasteiger partial charge is 0.417 e. The number of sulfone groups is 1. The predicted molar refractivity (Wildman–Crippen MR) is 91.0 cm³/mol. The molecule has 152 valence electrons. The van der Waals surface area contributed by atoms with E-state index in [1.807, 2.05) is 0 Å². The number of likely N-dealkylation sites (tertiary alicyclic amines) is 1. The van der Waals surface area contributed by atoms with Gasteiger partial charge in [-0.2, -0.15) is 13.2 Å². The van der Waals surface area contributed by atoms with Gasteiger partial charge in [0.15, 0.2) is 9.84 Å². The molecule has 1 amide bonds. The lowest BCUT2D eigenvalue weighted by Gasteiger charge is -2.30. The Morgan fingerprint density at radius 3 is 2.36 bits per heavy atom. The highest BCUT2D eigenvalue weighted by molar-refractivity contribution is 7.91. The third-order valence-electron chi connectivity index (χ3n) is 4.57. The number of benzene rings is 1. The molecule has 2 aromatic rings. The van der Waals surface area contributed by atoms with Gasteiger partial charge in [-0.25, -0.2) is 8.42 Å². The average Bonchev–Trinajstić information content (AvgIpc) is 3.18. The summed E-state index contributed by atoms with van der Waals surface area (Å²) in [5, 5.41) is 6.47. The van der Waals surface area contributed by atoms with Gasteiger partial charge in [0.1, 0.15) is 0 Å². The molecule has 28 heavy (non-hydrogen) atoms. The van der Waals surface area contributed by atoms with Crippen LogP contribution in [0.25, 0.3) is 0 Å². The summed E-state index contributed by atoms with van der Waals surface area (Å²) in [6.07, 6.45) is -4.10. The van der Waals surface area contributed by atoms with Crippen molar-refractivity contribution >= 4 is 15.7 Å². The first-order valence-corrected chi connectivity index (χ1v) is 10.3. The Kier molecular flexibility index (Phi) is 5.73. The molecule has 0 unspecified atom stereocenters. The Hall–Kier alpha value is -2.43. The normalized spacial score (nSPS) is 16.3. The van der Waals surface area contributed by atoms with Crippen molar-refractivity contribution in [1.29, 1.82) is 0 Å². The van der Waals surface area contributed by atoms with Gasteiger partial charge in [-0.05, 0) is 25.0 Å². The standard InChI is InChI=1S/C17H18F3N3O4S/c18-17(19,20)16-22-21-15(27-16)12-6-9-23(10-7-12)14(24)8-11-28(25,26)13-4-2-1-3-5-13/h1-5,12H,6-11H2. The maximum atomic E-state index is 12.5. The van der Waals surface area contributed by atoms with Crippen LogP contribution in [-0.4, -0.2) is 48.3 Å². The van der Waals surface area contributed by atoms with Crippen molar-refractivity contribution in [2.75, 3.05) is 18.8 Å². The lowest BCUT2D eigenvalue weighted by Crippen LogP contribution is -2.38. The molecule has 1 aliphatic rings. The first-order valence-electron chi connectivity index (χ1n) is 8.63. The number of amides is 1. The zero-order valence-corrected chi connectivity index (χ0v) is 15.5. The molecule has 0 atom stereocenters. The van der Waals surface area contributed by atoms with E-state index < -0.39 is 21.9 Å². The molecule has 1 aliphatic heterocycles. The number of hydrogen-bond acceptors (Lipinski definition) is 6. The minimum absolute atomic E-state index is 0.0916. The largest absolute Gasteiger partial charge is 0.470 e. The molecule has 1 aromatic carbocycles. The van der Waals surface area contributed by atoms with Crippen molar-refractivity contribution in [3.8, 4) is 0 Å². The Balaban J connectivity index is 1.52. The predicted octanol–water partition coefficient (Wildman–Crippen LogP) is 2.66. The van der Waals surface area contributed by atoms with Crippen molar-refractivity contribution < 1.29 is 30.8 Å². The third kappa shape index (κ3) is 4.70. The van der Waals surface area contributed by atoms with E-state index in [-0.39, 0.29) is 34.8 Å². The molecule has 1 saturated heterocycles. The highest BCUT2D eigenvalue weighted by atomic mass is 32.2. The molecule has 0 saturated carbocycles. The number of nitrogens with zero attached hydrogens (tertiary/aromatic N) is 3. The van der Waals surface area contributed by atoms with E-state index >= 15 is 0 Å². The summed E-state index contributed by atoms with van der Waals surface area (Å²) >= 11 is 0. The van der Waals surface area contributed by atoms with Gasteiger partial charge in [0.05, 0.1) is 10.6 Å². The summed E-state index contributed by atoms with van der Waals surface area (Å²) in [5.74, 6) is -2.44. The number of rotatable bonds is 5. The maximum absolute atomic E-state index is 12.5. The summed E-state index contributed by atoms with van der Waals surface area (Å²) in [7, 11) is -3.55. The van der Waals surface area contributed by atoms with Crippen LogP contribution in [0.2, 0.25) is 0 Å². The molecule has 11 heteroatoms. The van der Waals surface area contributed by atoms with Gasteiger partial charge < -0.3 is 9.32 Å². The van der Waals surface area contributed by atoms with Gasteiger partial charge in [0, 0.05) is 25.4 Å². The molecule has 0 N–H and O–H groups in total. The van der Waals surface area contributed by atoms with E-state index in [2.05, 4.69) is 10.2 Å². The number of carbonyl (C=O) groups excluding carboxylic acids is 1. The fraction of sp³-hybridized carbons (Fsp3) is 0.471. The zero-order chi connectivity index (χ0) is 20.4. The van der Waals surface area contributed by atoms with Crippen LogP contribution in [0.15, 0.2) is 39.6 Å². The molecule has 7 nitrogen and oxygen atoms in total. The van der Waals surface area contributed by atoms with E-state index in [1.165, 1.54) is 17.0 Å². The molecule has 1 fully saturated rings. The Labute approximate surface area is 159 Å². The summed E-state index contributed by atoms with van der Waals surface area (Å²) in [6.45, 7) is 0.581. The Bertz CT molecular complexity index is 921. The SMILES string of the molecule is O=C(CCS(=O)(=O)c1ccccc1)N1CCC(c2nnc(C(F)(F)F)o2)CC1. The number of aromatic nitrogens is 2. The van der Waals surface area contributed by atoms with Crippen LogP contribution < -0.4 is 0 Å². The average molecular weight is 417 g/mol. The van der Waals surface area contributed by atoms with E-state index in [1.54, 1.807) is 18.2 Å². The summed E-state index contributed by atoms with van der Waals surface area (Å²) < 4.78 is 66.8. The molecule has 2 heterocycles. The van der Waals surface area contributed by atoms with Gasteiger partial charge in [-0.1, -0.05) is 18.2 Å². The highest BCUT2D eigenvalue weighted by Crippen LogP contribution is 2.32. The molecule has 3 rings (SSSR count). The number of halogens is 3. The molecule has 0 bridgehead atoms. The van der Waals surface area contributed by atoms with Crippen LogP contribution in [0.1, 0.15) is 37.0 Å². The maximum Gasteiger partial charge on any atom is 0.470 e. The quantitative estimate of drug-likeness (QED) is 0.743. The molecular weight excluding hydrogens is 399 g/mol. The molecule has 0 aliphatic carbocycles. The van der Waals surface area contributed by atoms with Crippen molar-refractivity contribution in [3.63, 3.8) is 0 Å². The van der Waals surface area contributed by atoms with Gasteiger partial charge in [-0.15, -0.1) is 10.2 Å². The fourth-order valence-corrected chi connectivity index (χ4v) is 4.27. The van der Waals surface area contributed by atoms with Crippen molar-refractivity contribution in [1.82, 2.24) is 15.1 Å². The van der Waals surface area contributed by atoms with Crippen LogP contribution >= 0.6 is 0 Å². The van der Waals surface area contributed by atoms with Gasteiger partial charge in [-0.3, -0.25) is 4.79 Å². The first-order chi connectivity index (χ1) is 13.2. The van der Waals surface area contributed by atoms with Gasteiger partial charge >= 0.3 is 12.1 Å². The van der Waals surface area contributed by atoms with E-state index in [9.17, 15) is 26.4 Å². The number of hydrogen-bond donors (Lipinski definition) is 0. The van der Waals surface area contributed by atoms with Crippen LogP contribution in [0.4, 0.5) is 13.2 Å². The van der Waals surface area contributed by atoms with E-state index in [0.717, 1.165) is 0 Å². The molecule has 0 radical (unpaired) electrons. The van der Waals surface area contributed by atoms with Gasteiger partial charge in [0.2, 0.25) is 11.8 Å². The minimum atomic E-state index is -4.69. The van der Waals surface area contributed by atoms with Crippen LogP contribution in [0.5, 0.6) is 0 Å². The summed E-state index contributed by atoms with van der Waals surface area (Å²) in [4.78, 5) is 14.0. The Morgan fingerprint density at radius 2 is 1.79 bits per heavy atom. The second-order valence-electron chi connectivity index (χ2n) is 6.48. The second kappa shape index (κ2) is 7.90. The van der Waals surface area contributed by atoms with Crippen molar-refractivity contribution in [3.05, 3.63) is 42.1 Å². The van der Waals surface area contributed by atoms with Crippen LogP contribution in [0.3, 0.4) is 0 Å². The van der Waals surface area contributed by atoms with Crippen molar-refractivity contribution in [2.45, 2.75) is 36.3 Å². The third-order valence-corrected chi connectivity index (χ3v) is 6.30. The van der Waals surface area contributed by atoms with E-state index in [4.69, 9.17) is 4.42 Å². The Morgan fingerprint density at radius 1 is 1.14 bits per heavy atom. The fourth-order valence-electron chi connectivity index (χ4n) is 3.02. The number of piperidine rings is 1. The monoisotopic (exact) mass is 417 g/mol. The lowest BCUT2D eigenvalue weighted by atomic mass is 9.96. The minimum Gasteiger partial charge on any atom is -0.417 e. The number of alkyl halides is 3.